The van der Waals surface area contributed by atoms with Gasteiger partial charge in [0.25, 0.3) is 0 Å². The Kier molecular flexibility index (Phi) is 5.24. The molecule has 110 valence electrons. The lowest BCUT2D eigenvalue weighted by Crippen LogP contribution is -2.38. The Hall–Kier alpha value is -0.420. The second-order valence-corrected chi connectivity index (χ2v) is 7.06. The van der Waals surface area contributed by atoms with Gasteiger partial charge in [0, 0.05) is 10.6 Å². The molecule has 1 aromatic carbocycles. The van der Waals surface area contributed by atoms with E-state index in [0.717, 1.165) is 4.90 Å². The molecular weight excluding hydrogens is 319 g/mol. The van der Waals surface area contributed by atoms with Crippen LogP contribution in [0.5, 0.6) is 0 Å². The van der Waals surface area contributed by atoms with Gasteiger partial charge in [0.05, 0.1) is 21.6 Å². The number of thioether (sulfide) groups is 1. The molecule has 0 heterocycles. The van der Waals surface area contributed by atoms with E-state index in [0.29, 0.717) is 41.5 Å². The van der Waals surface area contributed by atoms with E-state index in [1.54, 1.807) is 12.1 Å². The van der Waals surface area contributed by atoms with Gasteiger partial charge < -0.3 is 10.2 Å². The highest BCUT2D eigenvalue weighted by molar-refractivity contribution is 7.99. The smallest absolute Gasteiger partial charge is 0.306 e. The molecule has 2 rings (SSSR count). The maximum atomic E-state index is 10.9. The predicted molar refractivity (Wildman–Crippen MR) is 81.7 cm³/mol. The second kappa shape index (κ2) is 6.56. The van der Waals surface area contributed by atoms with Crippen LogP contribution in [0.2, 0.25) is 10.0 Å². The lowest BCUT2D eigenvalue weighted by Gasteiger charge is -2.34. The van der Waals surface area contributed by atoms with Crippen molar-refractivity contribution >= 4 is 40.9 Å². The third kappa shape index (κ3) is 4.04. The maximum absolute atomic E-state index is 10.9. The summed E-state index contributed by atoms with van der Waals surface area (Å²) in [4.78, 5) is 11.9. The van der Waals surface area contributed by atoms with Crippen molar-refractivity contribution < 1.29 is 15.0 Å². The lowest BCUT2D eigenvalue weighted by atomic mass is 9.80. The second-order valence-electron chi connectivity index (χ2n) is 5.20. The van der Waals surface area contributed by atoms with Crippen molar-refractivity contribution in [3.63, 3.8) is 0 Å². The molecule has 2 N–H and O–H groups in total. The molecule has 0 saturated heterocycles. The van der Waals surface area contributed by atoms with E-state index in [1.165, 1.54) is 11.8 Å². The van der Waals surface area contributed by atoms with Gasteiger partial charge in [0.15, 0.2) is 0 Å². The van der Waals surface area contributed by atoms with E-state index < -0.39 is 11.6 Å². The molecule has 0 atom stereocenters. The summed E-state index contributed by atoms with van der Waals surface area (Å²) < 4.78 is 0. The van der Waals surface area contributed by atoms with Gasteiger partial charge in [0.1, 0.15) is 0 Å². The summed E-state index contributed by atoms with van der Waals surface area (Å²) in [5.74, 6) is -0.536. The molecule has 3 nitrogen and oxygen atoms in total. The van der Waals surface area contributed by atoms with Crippen LogP contribution in [0.25, 0.3) is 0 Å². The normalized spacial score (nSPS) is 26.4. The first-order valence-electron chi connectivity index (χ1n) is 6.43. The van der Waals surface area contributed by atoms with Crippen molar-refractivity contribution in [1.29, 1.82) is 0 Å². The van der Waals surface area contributed by atoms with Crippen molar-refractivity contribution in [2.75, 3.05) is 5.75 Å². The fourth-order valence-corrected chi connectivity index (χ4v) is 3.78. The van der Waals surface area contributed by atoms with Gasteiger partial charge in [-0.15, -0.1) is 11.8 Å². The zero-order valence-electron chi connectivity index (χ0n) is 10.8. The number of rotatable bonds is 4. The van der Waals surface area contributed by atoms with E-state index in [2.05, 4.69) is 0 Å². The molecular formula is C14H16Cl2O3S. The van der Waals surface area contributed by atoms with E-state index in [-0.39, 0.29) is 5.92 Å². The first kappa shape index (κ1) is 16.0. The van der Waals surface area contributed by atoms with Crippen LogP contribution in [0.4, 0.5) is 0 Å². The number of aliphatic carboxylic acids is 1. The third-order valence-corrected chi connectivity index (χ3v) is 5.67. The van der Waals surface area contributed by atoms with Gasteiger partial charge >= 0.3 is 5.97 Å². The van der Waals surface area contributed by atoms with Crippen molar-refractivity contribution in [3.05, 3.63) is 28.2 Å². The molecule has 0 unspecified atom stereocenters. The van der Waals surface area contributed by atoms with Gasteiger partial charge in [-0.25, -0.2) is 0 Å². The van der Waals surface area contributed by atoms with E-state index in [4.69, 9.17) is 28.3 Å². The molecule has 1 aliphatic carbocycles. The number of carboxylic acid groups (broad SMARTS) is 1. The number of hydrogen-bond donors (Lipinski definition) is 2. The summed E-state index contributed by atoms with van der Waals surface area (Å²) in [5, 5.41) is 20.5. The number of halogens is 2. The molecule has 0 bridgehead atoms. The molecule has 20 heavy (non-hydrogen) atoms. The van der Waals surface area contributed by atoms with Gasteiger partial charge in [-0.05, 0) is 43.9 Å². The van der Waals surface area contributed by atoms with Crippen LogP contribution >= 0.6 is 35.0 Å². The molecule has 1 saturated carbocycles. The van der Waals surface area contributed by atoms with Gasteiger partial charge in [0.2, 0.25) is 0 Å². The van der Waals surface area contributed by atoms with E-state index in [1.807, 2.05) is 6.07 Å². The summed E-state index contributed by atoms with van der Waals surface area (Å²) in [5.41, 5.74) is -0.789. The van der Waals surface area contributed by atoms with Crippen LogP contribution in [0, 0.1) is 5.92 Å². The van der Waals surface area contributed by atoms with Crippen molar-refractivity contribution in [2.45, 2.75) is 36.2 Å². The summed E-state index contributed by atoms with van der Waals surface area (Å²) in [7, 11) is 0. The van der Waals surface area contributed by atoms with Crippen molar-refractivity contribution in [3.8, 4) is 0 Å². The zero-order chi connectivity index (χ0) is 14.8. The minimum Gasteiger partial charge on any atom is -0.481 e. The molecule has 6 heteroatoms. The standard InChI is InChI=1S/C14H16Cl2O3S/c15-11-2-1-10(7-12(11)16)20-8-14(19)5-3-9(4-6-14)13(17)18/h1-2,7,9,19H,3-6,8H2,(H,17,18). The number of carbonyl (C=O) groups is 1. The largest absolute Gasteiger partial charge is 0.481 e. The van der Waals surface area contributed by atoms with Gasteiger partial charge in [-0.2, -0.15) is 0 Å². The Morgan fingerprint density at radius 2 is 1.95 bits per heavy atom. The average molecular weight is 335 g/mol. The average Bonchev–Trinajstić information content (AvgIpc) is 2.41. The monoisotopic (exact) mass is 334 g/mol. The highest BCUT2D eigenvalue weighted by Crippen LogP contribution is 2.37. The van der Waals surface area contributed by atoms with Crippen LogP contribution in [0.3, 0.4) is 0 Å². The molecule has 1 aliphatic rings. The lowest BCUT2D eigenvalue weighted by molar-refractivity contribution is -0.144. The van der Waals surface area contributed by atoms with Crippen molar-refractivity contribution in [1.82, 2.24) is 0 Å². The Bertz CT molecular complexity index is 499. The van der Waals surface area contributed by atoms with Crippen LogP contribution in [0.15, 0.2) is 23.1 Å². The van der Waals surface area contributed by atoms with Crippen LogP contribution in [-0.4, -0.2) is 27.5 Å². The summed E-state index contributed by atoms with van der Waals surface area (Å²) in [6, 6.07) is 5.38. The highest BCUT2D eigenvalue weighted by Gasteiger charge is 2.35. The Balaban J connectivity index is 1.90. The summed E-state index contributed by atoms with van der Waals surface area (Å²) in [6.07, 6.45) is 2.12. The Labute approximate surface area is 132 Å². The topological polar surface area (TPSA) is 57.5 Å². The highest BCUT2D eigenvalue weighted by atomic mass is 35.5. The maximum Gasteiger partial charge on any atom is 0.306 e. The van der Waals surface area contributed by atoms with Gasteiger partial charge in [-0.3, -0.25) is 4.79 Å². The summed E-state index contributed by atoms with van der Waals surface area (Å²) >= 11 is 13.3. The minimum absolute atomic E-state index is 0.315. The number of carboxylic acids is 1. The first-order valence-corrected chi connectivity index (χ1v) is 8.17. The summed E-state index contributed by atoms with van der Waals surface area (Å²) in [6.45, 7) is 0. The van der Waals surface area contributed by atoms with Crippen LogP contribution < -0.4 is 0 Å². The zero-order valence-corrected chi connectivity index (χ0v) is 13.1. The number of hydrogen-bond acceptors (Lipinski definition) is 3. The predicted octanol–water partition coefficient (Wildman–Crippen LogP) is 4.09. The Morgan fingerprint density at radius 1 is 1.30 bits per heavy atom. The molecule has 1 fully saturated rings. The van der Waals surface area contributed by atoms with Gasteiger partial charge in [-0.1, -0.05) is 23.2 Å². The van der Waals surface area contributed by atoms with E-state index >= 15 is 0 Å². The molecule has 0 spiro atoms. The number of aliphatic hydroxyl groups is 1. The third-order valence-electron chi connectivity index (χ3n) is 3.66. The quantitative estimate of drug-likeness (QED) is 0.814. The Morgan fingerprint density at radius 3 is 2.50 bits per heavy atom. The fourth-order valence-electron chi connectivity index (χ4n) is 2.33. The minimum atomic E-state index is -0.789. The molecule has 0 aliphatic heterocycles. The molecule has 0 aromatic heterocycles. The number of benzene rings is 1. The van der Waals surface area contributed by atoms with E-state index in [9.17, 15) is 9.90 Å². The van der Waals surface area contributed by atoms with Crippen LogP contribution in [0.1, 0.15) is 25.7 Å². The first-order chi connectivity index (χ1) is 9.39. The molecule has 1 aromatic rings. The molecule has 0 radical (unpaired) electrons. The van der Waals surface area contributed by atoms with Crippen molar-refractivity contribution in [2.24, 2.45) is 5.92 Å². The SMILES string of the molecule is O=C(O)C1CCC(O)(CSc2ccc(Cl)c(Cl)c2)CC1. The van der Waals surface area contributed by atoms with Crippen LogP contribution in [-0.2, 0) is 4.79 Å². The molecule has 0 amide bonds. The fraction of sp³-hybridized carbons (Fsp3) is 0.500.